The van der Waals surface area contributed by atoms with Gasteiger partial charge in [-0.25, -0.2) is 9.78 Å². The fourth-order valence-electron chi connectivity index (χ4n) is 2.83. The van der Waals surface area contributed by atoms with Gasteiger partial charge in [-0.2, -0.15) is 0 Å². The van der Waals surface area contributed by atoms with Crippen LogP contribution in [0.25, 0.3) is 11.2 Å². The molecule has 8 heteroatoms. The minimum absolute atomic E-state index is 0.0145. The van der Waals surface area contributed by atoms with E-state index in [9.17, 15) is 14.4 Å². The molecule has 2 rings (SSSR count). The lowest BCUT2D eigenvalue weighted by Gasteiger charge is -2.12. The molecule has 0 saturated heterocycles. The van der Waals surface area contributed by atoms with Gasteiger partial charge in [0.1, 0.15) is 0 Å². The lowest BCUT2D eigenvalue weighted by molar-refractivity contribution is -0.121. The Morgan fingerprint density at radius 1 is 1.29 bits per heavy atom. The Morgan fingerprint density at radius 3 is 2.67 bits per heavy atom. The maximum absolute atomic E-state index is 12.3. The first-order chi connectivity index (χ1) is 11.4. The summed E-state index contributed by atoms with van der Waals surface area (Å²) in [6.45, 7) is 4.58. The van der Waals surface area contributed by atoms with E-state index in [0.717, 1.165) is 17.4 Å². The first-order valence-corrected chi connectivity index (χ1v) is 8.27. The number of hydrogen-bond acceptors (Lipinski definition) is 4. The van der Waals surface area contributed by atoms with Gasteiger partial charge in [-0.3, -0.25) is 18.7 Å². The molecule has 0 fully saturated rings. The van der Waals surface area contributed by atoms with Gasteiger partial charge < -0.3 is 9.88 Å². The molecule has 0 bridgehead atoms. The Kier molecular flexibility index (Phi) is 5.58. The summed E-state index contributed by atoms with van der Waals surface area (Å²) in [5, 5.41) is 2.96. The van der Waals surface area contributed by atoms with E-state index in [1.807, 2.05) is 6.92 Å². The number of carbonyl (C=O) groups excluding carboxylic acids is 1. The second-order valence-electron chi connectivity index (χ2n) is 6.18. The van der Waals surface area contributed by atoms with Gasteiger partial charge in [0.2, 0.25) is 5.91 Å². The predicted octanol–water partition coefficient (Wildman–Crippen LogP) is 0.519. The van der Waals surface area contributed by atoms with Crippen LogP contribution in [0.4, 0.5) is 0 Å². The van der Waals surface area contributed by atoms with Gasteiger partial charge >= 0.3 is 5.69 Å². The molecule has 0 unspecified atom stereocenters. The van der Waals surface area contributed by atoms with Crippen LogP contribution < -0.4 is 16.6 Å². The number of fused-ring (bicyclic) bond motifs is 1. The molecule has 0 saturated carbocycles. The number of amides is 1. The zero-order chi connectivity index (χ0) is 17.9. The summed E-state index contributed by atoms with van der Waals surface area (Å²) in [7, 11) is 3.04. The number of hydrogen-bond donors (Lipinski definition) is 1. The van der Waals surface area contributed by atoms with Crippen molar-refractivity contribution in [2.45, 2.75) is 52.1 Å². The second kappa shape index (κ2) is 7.46. The standard InChI is InChI=1S/C16H25N5O3/c1-5-7-11(2)18-12(22)8-6-9-21-10-17-14-13(21)15(23)20(4)16(24)19(14)3/h10-11H,5-9H2,1-4H3,(H,18,22)/t11-/m0/s1. The minimum Gasteiger partial charge on any atom is -0.354 e. The fourth-order valence-corrected chi connectivity index (χ4v) is 2.83. The van der Waals surface area contributed by atoms with Gasteiger partial charge in [0.15, 0.2) is 11.2 Å². The molecular formula is C16H25N5O3. The number of aromatic nitrogens is 4. The molecule has 1 amide bonds. The third-order valence-electron chi connectivity index (χ3n) is 4.15. The summed E-state index contributed by atoms with van der Waals surface area (Å²) in [4.78, 5) is 40.3. The highest BCUT2D eigenvalue weighted by Crippen LogP contribution is 2.07. The van der Waals surface area contributed by atoms with E-state index in [4.69, 9.17) is 0 Å². The van der Waals surface area contributed by atoms with Crippen molar-refractivity contribution in [1.82, 2.24) is 24.0 Å². The number of nitrogens with one attached hydrogen (secondary N) is 1. The van der Waals surface area contributed by atoms with E-state index in [1.54, 1.807) is 17.9 Å². The molecule has 2 aromatic rings. The molecule has 2 heterocycles. The number of carbonyl (C=O) groups is 1. The van der Waals surface area contributed by atoms with Gasteiger partial charge in [0, 0.05) is 33.1 Å². The Labute approximate surface area is 140 Å². The van der Waals surface area contributed by atoms with E-state index < -0.39 is 5.69 Å². The van der Waals surface area contributed by atoms with E-state index in [2.05, 4.69) is 17.2 Å². The molecule has 0 radical (unpaired) electrons. The molecule has 0 spiro atoms. The van der Waals surface area contributed by atoms with Crippen LogP contribution >= 0.6 is 0 Å². The van der Waals surface area contributed by atoms with Crippen molar-refractivity contribution in [3.63, 3.8) is 0 Å². The molecule has 24 heavy (non-hydrogen) atoms. The highest BCUT2D eigenvalue weighted by Gasteiger charge is 2.14. The summed E-state index contributed by atoms with van der Waals surface area (Å²) in [6.07, 6.45) is 4.53. The van der Waals surface area contributed by atoms with Crippen molar-refractivity contribution in [3.8, 4) is 0 Å². The lowest BCUT2D eigenvalue weighted by atomic mass is 10.2. The van der Waals surface area contributed by atoms with Gasteiger partial charge in [0.05, 0.1) is 6.33 Å². The van der Waals surface area contributed by atoms with Gasteiger partial charge in [-0.05, 0) is 19.8 Å². The van der Waals surface area contributed by atoms with E-state index >= 15 is 0 Å². The average molecular weight is 335 g/mol. The summed E-state index contributed by atoms with van der Waals surface area (Å²) >= 11 is 0. The van der Waals surface area contributed by atoms with Crippen LogP contribution in [-0.2, 0) is 25.4 Å². The average Bonchev–Trinajstić information content (AvgIpc) is 2.95. The number of nitrogens with zero attached hydrogens (tertiary/aromatic N) is 4. The number of aryl methyl sites for hydroxylation is 2. The van der Waals surface area contributed by atoms with Gasteiger partial charge in [-0.1, -0.05) is 13.3 Å². The third kappa shape index (κ3) is 3.58. The molecule has 132 valence electrons. The molecule has 0 aromatic carbocycles. The topological polar surface area (TPSA) is 90.9 Å². The highest BCUT2D eigenvalue weighted by molar-refractivity contribution is 5.76. The Balaban J connectivity index is 2.08. The monoisotopic (exact) mass is 335 g/mol. The smallest absolute Gasteiger partial charge is 0.332 e. The molecule has 0 aliphatic heterocycles. The van der Waals surface area contributed by atoms with Crippen LogP contribution in [0.1, 0.15) is 39.5 Å². The molecule has 1 N–H and O–H groups in total. The normalized spacial score (nSPS) is 12.5. The van der Waals surface area contributed by atoms with Crippen molar-refractivity contribution in [2.75, 3.05) is 0 Å². The van der Waals surface area contributed by atoms with Crippen molar-refractivity contribution >= 4 is 17.1 Å². The molecule has 2 aromatic heterocycles. The van der Waals surface area contributed by atoms with Crippen LogP contribution in [-0.4, -0.2) is 30.6 Å². The zero-order valence-corrected chi connectivity index (χ0v) is 14.7. The van der Waals surface area contributed by atoms with Gasteiger partial charge in [-0.15, -0.1) is 0 Å². The lowest BCUT2D eigenvalue weighted by Crippen LogP contribution is -2.37. The molecule has 8 nitrogen and oxygen atoms in total. The SMILES string of the molecule is CCC[C@H](C)NC(=O)CCCn1cnc2c1c(=O)n(C)c(=O)n2C. The van der Waals surface area contributed by atoms with Crippen LogP contribution in [0.2, 0.25) is 0 Å². The van der Waals surface area contributed by atoms with E-state index in [0.29, 0.717) is 30.6 Å². The maximum Gasteiger partial charge on any atom is 0.332 e. The summed E-state index contributed by atoms with van der Waals surface area (Å²) in [6, 6.07) is 0.179. The fraction of sp³-hybridized carbons (Fsp3) is 0.625. The summed E-state index contributed by atoms with van der Waals surface area (Å²) in [5.74, 6) is 0.0145. The van der Waals surface area contributed by atoms with Crippen LogP contribution in [0.5, 0.6) is 0 Å². The van der Waals surface area contributed by atoms with Crippen LogP contribution in [0.15, 0.2) is 15.9 Å². The maximum atomic E-state index is 12.3. The Bertz CT molecular complexity index is 846. The first-order valence-electron chi connectivity index (χ1n) is 8.27. The van der Waals surface area contributed by atoms with E-state index in [1.165, 1.54) is 11.6 Å². The third-order valence-corrected chi connectivity index (χ3v) is 4.15. The Hall–Kier alpha value is -2.38. The molecule has 1 atom stereocenters. The minimum atomic E-state index is -0.401. The molecule has 0 aliphatic carbocycles. The second-order valence-corrected chi connectivity index (χ2v) is 6.18. The van der Waals surface area contributed by atoms with E-state index in [-0.39, 0.29) is 17.5 Å². The predicted molar refractivity (Wildman–Crippen MR) is 92.0 cm³/mol. The van der Waals surface area contributed by atoms with Gasteiger partial charge in [0.25, 0.3) is 5.56 Å². The molecule has 0 aliphatic rings. The first kappa shape index (κ1) is 18.0. The zero-order valence-electron chi connectivity index (χ0n) is 14.7. The number of rotatable bonds is 7. The molecular weight excluding hydrogens is 310 g/mol. The van der Waals surface area contributed by atoms with Crippen LogP contribution in [0.3, 0.4) is 0 Å². The highest BCUT2D eigenvalue weighted by atomic mass is 16.2. The largest absolute Gasteiger partial charge is 0.354 e. The van der Waals surface area contributed by atoms with Crippen LogP contribution in [0, 0.1) is 0 Å². The van der Waals surface area contributed by atoms with Crippen molar-refractivity contribution < 1.29 is 4.79 Å². The van der Waals surface area contributed by atoms with Crippen molar-refractivity contribution in [3.05, 3.63) is 27.2 Å². The summed E-state index contributed by atoms with van der Waals surface area (Å²) in [5.41, 5.74) is -0.0165. The number of imidazole rings is 1. The Morgan fingerprint density at radius 2 is 2.00 bits per heavy atom. The quantitative estimate of drug-likeness (QED) is 0.798. The summed E-state index contributed by atoms with van der Waals surface area (Å²) < 4.78 is 4.13. The van der Waals surface area contributed by atoms with Crippen molar-refractivity contribution in [2.24, 2.45) is 14.1 Å². The van der Waals surface area contributed by atoms with Crippen molar-refractivity contribution in [1.29, 1.82) is 0 Å².